The minimum atomic E-state index is 0.460. The van der Waals surface area contributed by atoms with E-state index in [1.165, 1.54) is 17.8 Å². The van der Waals surface area contributed by atoms with Gasteiger partial charge in [-0.1, -0.05) is 13.3 Å². The van der Waals surface area contributed by atoms with Crippen LogP contribution in [0.3, 0.4) is 0 Å². The van der Waals surface area contributed by atoms with Gasteiger partial charge in [-0.05, 0) is 19.9 Å². The van der Waals surface area contributed by atoms with E-state index >= 15 is 0 Å². The zero-order valence-corrected chi connectivity index (χ0v) is 10.2. The Morgan fingerprint density at radius 1 is 1.60 bits per heavy atom. The number of nitriles is 1. The van der Waals surface area contributed by atoms with Gasteiger partial charge in [-0.15, -0.1) is 11.3 Å². The number of thiazole rings is 1. The van der Waals surface area contributed by atoms with E-state index in [1.54, 1.807) is 11.3 Å². The Labute approximate surface area is 95.4 Å². The van der Waals surface area contributed by atoms with Crippen molar-refractivity contribution >= 4 is 11.3 Å². The van der Waals surface area contributed by atoms with Gasteiger partial charge in [-0.25, -0.2) is 4.98 Å². The average Bonchev–Trinajstić information content (AvgIpc) is 2.63. The molecule has 3 nitrogen and oxygen atoms in total. The summed E-state index contributed by atoms with van der Waals surface area (Å²) in [4.78, 5) is 6.51. The summed E-state index contributed by atoms with van der Waals surface area (Å²) < 4.78 is 0. The number of aryl methyl sites for hydroxylation is 1. The minimum Gasteiger partial charge on any atom is -0.288 e. The summed E-state index contributed by atoms with van der Waals surface area (Å²) in [5.74, 6) is 0. The number of hydrogen-bond acceptors (Lipinski definition) is 4. The Morgan fingerprint density at radius 2 is 2.40 bits per heavy atom. The van der Waals surface area contributed by atoms with Crippen LogP contribution in [-0.2, 0) is 13.0 Å². The molecule has 0 spiro atoms. The predicted molar refractivity (Wildman–Crippen MR) is 62.7 cm³/mol. The quantitative estimate of drug-likeness (QED) is 0.695. The fraction of sp³-hybridized carbons (Fsp3) is 0.636. The van der Waals surface area contributed by atoms with E-state index in [1.807, 2.05) is 11.9 Å². The van der Waals surface area contributed by atoms with Crippen molar-refractivity contribution in [2.45, 2.75) is 32.7 Å². The van der Waals surface area contributed by atoms with Gasteiger partial charge in [-0.3, -0.25) is 4.90 Å². The number of rotatable bonds is 6. The lowest BCUT2D eigenvalue weighted by Gasteiger charge is -2.09. The van der Waals surface area contributed by atoms with Crippen LogP contribution in [-0.4, -0.2) is 23.5 Å². The highest BCUT2D eigenvalue weighted by atomic mass is 32.1. The molecule has 4 heteroatoms. The van der Waals surface area contributed by atoms with Crippen LogP contribution in [0.15, 0.2) is 5.38 Å². The molecule has 0 bridgehead atoms. The fourth-order valence-corrected chi connectivity index (χ4v) is 2.15. The Morgan fingerprint density at radius 3 is 3.07 bits per heavy atom. The van der Waals surface area contributed by atoms with Gasteiger partial charge in [0.05, 0.1) is 23.3 Å². The zero-order valence-electron chi connectivity index (χ0n) is 9.36. The lowest BCUT2D eigenvalue weighted by atomic mass is 10.3. The summed E-state index contributed by atoms with van der Waals surface area (Å²) in [5.41, 5.74) is 1.09. The van der Waals surface area contributed by atoms with Crippen molar-refractivity contribution in [1.29, 1.82) is 5.26 Å². The molecule has 1 aromatic heterocycles. The van der Waals surface area contributed by atoms with E-state index in [2.05, 4.69) is 23.4 Å². The van der Waals surface area contributed by atoms with E-state index in [-0.39, 0.29) is 0 Å². The molecular formula is C11H17N3S. The maximum atomic E-state index is 8.53. The molecule has 0 aliphatic heterocycles. The first-order chi connectivity index (χ1) is 7.26. The third-order valence-electron chi connectivity index (χ3n) is 2.12. The second kappa shape index (κ2) is 6.54. The molecule has 1 heterocycles. The van der Waals surface area contributed by atoms with Crippen molar-refractivity contribution < 1.29 is 0 Å². The van der Waals surface area contributed by atoms with Gasteiger partial charge in [0.25, 0.3) is 0 Å². The first-order valence-corrected chi connectivity index (χ1v) is 6.13. The Bertz CT molecular complexity index is 327. The number of nitrogens with zero attached hydrogens (tertiary/aromatic N) is 3. The van der Waals surface area contributed by atoms with Gasteiger partial charge in [0.2, 0.25) is 0 Å². The molecule has 0 saturated carbocycles. The smallest absolute Gasteiger partial charge is 0.0928 e. The lowest BCUT2D eigenvalue weighted by molar-refractivity contribution is 0.363. The van der Waals surface area contributed by atoms with Crippen molar-refractivity contribution in [2.75, 3.05) is 13.6 Å². The summed E-state index contributed by atoms with van der Waals surface area (Å²) in [7, 11) is 1.94. The minimum absolute atomic E-state index is 0.460. The first-order valence-electron chi connectivity index (χ1n) is 5.25. The van der Waals surface area contributed by atoms with Crippen LogP contribution in [0, 0.1) is 11.3 Å². The summed E-state index contributed by atoms with van der Waals surface area (Å²) in [6.45, 7) is 3.42. The van der Waals surface area contributed by atoms with Gasteiger partial charge in [0, 0.05) is 11.9 Å². The van der Waals surface area contributed by atoms with E-state index in [0.717, 1.165) is 18.7 Å². The number of unbranched alkanes of at least 4 members (excludes halogenated alkanes) is 1. The Kier molecular flexibility index (Phi) is 5.30. The SMILES string of the molecule is CCCCc1nc(CN(C)CC#N)cs1. The molecule has 0 radical (unpaired) electrons. The van der Waals surface area contributed by atoms with Crippen LogP contribution in [0.2, 0.25) is 0 Å². The summed E-state index contributed by atoms with van der Waals surface area (Å²) in [6.07, 6.45) is 3.51. The molecular weight excluding hydrogens is 206 g/mol. The van der Waals surface area contributed by atoms with Crippen molar-refractivity contribution in [2.24, 2.45) is 0 Å². The number of hydrogen-bond donors (Lipinski definition) is 0. The van der Waals surface area contributed by atoms with Crippen molar-refractivity contribution in [1.82, 2.24) is 9.88 Å². The van der Waals surface area contributed by atoms with E-state index < -0.39 is 0 Å². The maximum absolute atomic E-state index is 8.53. The predicted octanol–water partition coefficient (Wildman–Crippen LogP) is 2.44. The summed E-state index contributed by atoms with van der Waals surface area (Å²) in [5, 5.41) is 11.8. The molecule has 0 amide bonds. The molecule has 82 valence electrons. The first kappa shape index (κ1) is 12.2. The molecule has 15 heavy (non-hydrogen) atoms. The second-order valence-electron chi connectivity index (χ2n) is 3.67. The van der Waals surface area contributed by atoms with Crippen LogP contribution < -0.4 is 0 Å². The van der Waals surface area contributed by atoms with Gasteiger partial charge in [0.1, 0.15) is 0 Å². The Hall–Kier alpha value is -0.920. The van der Waals surface area contributed by atoms with Crippen LogP contribution in [0.5, 0.6) is 0 Å². The van der Waals surface area contributed by atoms with Crippen LogP contribution >= 0.6 is 11.3 Å². The van der Waals surface area contributed by atoms with Gasteiger partial charge >= 0.3 is 0 Å². The van der Waals surface area contributed by atoms with E-state index in [0.29, 0.717) is 6.54 Å². The Balaban J connectivity index is 2.42. The van der Waals surface area contributed by atoms with Gasteiger partial charge in [0.15, 0.2) is 0 Å². The van der Waals surface area contributed by atoms with Gasteiger partial charge < -0.3 is 0 Å². The fourth-order valence-electron chi connectivity index (χ4n) is 1.32. The molecule has 1 aromatic rings. The van der Waals surface area contributed by atoms with Crippen molar-refractivity contribution in [3.05, 3.63) is 16.1 Å². The molecule has 0 saturated heterocycles. The molecule has 0 N–H and O–H groups in total. The van der Waals surface area contributed by atoms with Crippen molar-refractivity contribution in [3.8, 4) is 6.07 Å². The lowest BCUT2D eigenvalue weighted by Crippen LogP contribution is -2.17. The molecule has 0 aliphatic carbocycles. The number of aromatic nitrogens is 1. The normalized spacial score (nSPS) is 10.5. The van der Waals surface area contributed by atoms with E-state index in [9.17, 15) is 0 Å². The van der Waals surface area contributed by atoms with Crippen LogP contribution in [0.1, 0.15) is 30.5 Å². The molecule has 0 aromatic carbocycles. The van der Waals surface area contributed by atoms with Crippen LogP contribution in [0.25, 0.3) is 0 Å². The molecule has 0 unspecified atom stereocenters. The van der Waals surface area contributed by atoms with Crippen LogP contribution in [0.4, 0.5) is 0 Å². The largest absolute Gasteiger partial charge is 0.288 e. The highest BCUT2D eigenvalue weighted by Gasteiger charge is 2.04. The van der Waals surface area contributed by atoms with Gasteiger partial charge in [-0.2, -0.15) is 5.26 Å². The summed E-state index contributed by atoms with van der Waals surface area (Å²) >= 11 is 1.73. The third-order valence-corrected chi connectivity index (χ3v) is 3.07. The van der Waals surface area contributed by atoms with E-state index in [4.69, 9.17) is 5.26 Å². The average molecular weight is 223 g/mol. The third kappa shape index (κ3) is 4.41. The second-order valence-corrected chi connectivity index (χ2v) is 4.61. The molecule has 1 rings (SSSR count). The standard InChI is InChI=1S/C11H17N3S/c1-3-4-5-11-13-10(9-15-11)8-14(2)7-6-12/h9H,3-5,7-8H2,1-2H3. The molecule has 0 aliphatic rings. The maximum Gasteiger partial charge on any atom is 0.0928 e. The van der Waals surface area contributed by atoms with Crippen molar-refractivity contribution in [3.63, 3.8) is 0 Å². The molecule has 0 atom stereocenters. The molecule has 0 fully saturated rings. The highest BCUT2D eigenvalue weighted by Crippen LogP contribution is 2.13. The monoisotopic (exact) mass is 223 g/mol. The topological polar surface area (TPSA) is 39.9 Å². The highest BCUT2D eigenvalue weighted by molar-refractivity contribution is 7.09. The summed E-state index contributed by atoms with van der Waals surface area (Å²) in [6, 6.07) is 2.13. The zero-order chi connectivity index (χ0) is 11.1.